The molecule has 0 spiro atoms. The Bertz CT molecular complexity index is 382. The van der Waals surface area contributed by atoms with Crippen LogP contribution in [0.4, 0.5) is 0 Å². The van der Waals surface area contributed by atoms with Crippen LogP contribution in [0, 0.1) is 11.8 Å². The summed E-state index contributed by atoms with van der Waals surface area (Å²) in [4.78, 5) is 21.6. The molecule has 7 nitrogen and oxygen atoms in total. The predicted octanol–water partition coefficient (Wildman–Crippen LogP) is -3.51. The van der Waals surface area contributed by atoms with Crippen molar-refractivity contribution in [2.75, 3.05) is 0 Å². The fourth-order valence-corrected chi connectivity index (χ4v) is 3.41. The van der Waals surface area contributed by atoms with Gasteiger partial charge in [0, 0.05) is 0 Å². The largest absolute Gasteiger partial charge is 1.00 e. The molecule has 0 aromatic heterocycles. The van der Waals surface area contributed by atoms with Crippen LogP contribution >= 0.6 is 0 Å². The van der Waals surface area contributed by atoms with E-state index < -0.39 is 39.1 Å². The molecule has 1 aliphatic rings. The van der Waals surface area contributed by atoms with Crippen LogP contribution in [0.25, 0.3) is 0 Å². The average Bonchev–Trinajstić information content (AvgIpc) is 2.15. The second-order valence-electron chi connectivity index (χ2n) is 3.78. The van der Waals surface area contributed by atoms with Crippen molar-refractivity contribution in [1.82, 2.24) is 0 Å². The van der Waals surface area contributed by atoms with Gasteiger partial charge in [-0.3, -0.25) is 9.59 Å². The van der Waals surface area contributed by atoms with Gasteiger partial charge in [-0.2, -0.15) is 0 Å². The van der Waals surface area contributed by atoms with Crippen molar-refractivity contribution in [2.45, 2.75) is 24.5 Å². The maximum atomic E-state index is 10.9. The van der Waals surface area contributed by atoms with Crippen molar-refractivity contribution < 1.29 is 84.2 Å². The Balaban J connectivity index is 0.00000256. The minimum absolute atomic E-state index is 0. The van der Waals surface area contributed by atoms with E-state index >= 15 is 0 Å². The number of rotatable bonds is 3. The van der Waals surface area contributed by atoms with E-state index in [0.717, 1.165) is 0 Å². The molecule has 0 heterocycles. The van der Waals surface area contributed by atoms with Crippen molar-refractivity contribution in [2.24, 2.45) is 11.8 Å². The Morgan fingerprint density at radius 2 is 1.41 bits per heavy atom. The summed E-state index contributed by atoms with van der Waals surface area (Å²) < 4.78 is 32.8. The minimum atomic E-state index is -4.93. The molecule has 0 aromatic rings. The Morgan fingerprint density at radius 1 is 1.06 bits per heavy atom. The molecule has 1 fully saturated rings. The molecule has 1 saturated carbocycles. The molecular weight excluding hydrogens is 279 g/mol. The zero-order valence-corrected chi connectivity index (χ0v) is 13.1. The Morgan fingerprint density at radius 3 is 1.65 bits per heavy atom. The van der Waals surface area contributed by atoms with Crippen LogP contribution in [0.3, 0.4) is 0 Å². The average molecular weight is 290 g/mol. The van der Waals surface area contributed by atoms with Gasteiger partial charge in [0.1, 0.15) is 0 Å². The quantitative estimate of drug-likeness (QED) is 0.407. The smallest absolute Gasteiger partial charge is 0.748 e. The first-order valence-electron chi connectivity index (χ1n) is 4.65. The molecule has 9 heteroatoms. The number of carboxylic acid groups (broad SMARTS) is 2. The number of carbonyl (C=O) groups is 2. The summed E-state index contributed by atoms with van der Waals surface area (Å²) in [7, 11) is -4.93. The zero-order valence-electron chi connectivity index (χ0n) is 9.20. The summed E-state index contributed by atoms with van der Waals surface area (Å²) >= 11 is 0. The van der Waals surface area contributed by atoms with E-state index in [1.807, 2.05) is 0 Å². The number of aliphatic carboxylic acids is 2. The third-order valence-corrected chi connectivity index (χ3v) is 4.11. The Labute approximate surface area is 141 Å². The zero-order chi connectivity index (χ0) is 12.5. The maximum absolute atomic E-state index is 10.9. The van der Waals surface area contributed by atoms with E-state index in [0.29, 0.717) is 6.42 Å². The summed E-state index contributed by atoms with van der Waals surface area (Å²) in [5.41, 5.74) is 0. The molecule has 1 rings (SSSR count). The van der Waals surface area contributed by atoms with E-state index in [1.165, 1.54) is 0 Å². The van der Waals surface area contributed by atoms with Crippen molar-refractivity contribution in [3.63, 3.8) is 0 Å². The van der Waals surface area contributed by atoms with E-state index in [2.05, 4.69) is 0 Å². The maximum Gasteiger partial charge on any atom is 1.00 e. The number of hydrogen-bond acceptors (Lipinski definition) is 5. The topological polar surface area (TPSA) is 132 Å². The van der Waals surface area contributed by atoms with Crippen LogP contribution in [0.1, 0.15) is 19.3 Å². The van der Waals surface area contributed by atoms with Crippen LogP contribution in [0.2, 0.25) is 0 Å². The summed E-state index contributed by atoms with van der Waals surface area (Å²) in [6.07, 6.45) is 0.330. The summed E-state index contributed by atoms with van der Waals surface area (Å²) in [6.45, 7) is 0. The molecule has 0 aliphatic heterocycles. The second kappa shape index (κ2) is 6.59. The van der Waals surface area contributed by atoms with Gasteiger partial charge < -0.3 is 14.8 Å². The van der Waals surface area contributed by atoms with E-state index in [4.69, 9.17) is 10.2 Å². The van der Waals surface area contributed by atoms with Gasteiger partial charge in [-0.25, -0.2) is 8.42 Å². The summed E-state index contributed by atoms with van der Waals surface area (Å²) in [5, 5.41) is 15.7. The first-order chi connectivity index (χ1) is 7.25. The molecule has 0 bridgehead atoms. The van der Waals surface area contributed by atoms with Crippen molar-refractivity contribution >= 4 is 22.1 Å². The summed E-state index contributed by atoms with van der Waals surface area (Å²) in [5.74, 6) is -5.71. The van der Waals surface area contributed by atoms with Gasteiger partial charge in [0.25, 0.3) is 0 Å². The molecular formula is C8H11KO7S. The molecule has 92 valence electrons. The van der Waals surface area contributed by atoms with Gasteiger partial charge in [0.05, 0.1) is 27.2 Å². The normalized spacial score (nSPS) is 29.1. The van der Waals surface area contributed by atoms with Gasteiger partial charge in [-0.1, -0.05) is 6.42 Å². The van der Waals surface area contributed by atoms with Gasteiger partial charge in [-0.15, -0.1) is 0 Å². The first kappa shape index (κ1) is 17.5. The SMILES string of the molecule is O=C(O)C1CCCC(C(=O)O)C1S(=O)(=O)[O-].[K+]. The van der Waals surface area contributed by atoms with Gasteiger partial charge in [0.15, 0.2) is 0 Å². The molecule has 0 aromatic carbocycles. The first-order valence-corrected chi connectivity index (χ1v) is 6.12. The fourth-order valence-electron chi connectivity index (χ4n) is 2.10. The standard InChI is InChI=1S/C8H12O7S.K/c9-7(10)4-2-1-3-5(8(11)12)6(4)16(13,14)15;/h4-6H,1-3H2,(H,9,10)(H,11,12)(H,13,14,15);/q;+1/p-1. The molecule has 17 heavy (non-hydrogen) atoms. The predicted molar refractivity (Wildman–Crippen MR) is 49.6 cm³/mol. The van der Waals surface area contributed by atoms with Crippen LogP contribution in [0.5, 0.6) is 0 Å². The van der Waals surface area contributed by atoms with Gasteiger partial charge >= 0.3 is 63.3 Å². The van der Waals surface area contributed by atoms with Crippen LogP contribution in [-0.2, 0) is 19.7 Å². The molecule has 1 aliphatic carbocycles. The van der Waals surface area contributed by atoms with E-state index in [9.17, 15) is 22.6 Å². The molecule has 0 amide bonds. The third-order valence-electron chi connectivity index (χ3n) is 2.79. The monoisotopic (exact) mass is 290 g/mol. The third kappa shape index (κ3) is 4.26. The van der Waals surface area contributed by atoms with Gasteiger partial charge in [0.2, 0.25) is 0 Å². The van der Waals surface area contributed by atoms with Crippen LogP contribution < -0.4 is 51.4 Å². The molecule has 2 unspecified atom stereocenters. The minimum Gasteiger partial charge on any atom is -0.748 e. The Hall–Kier alpha value is 0.486. The molecule has 2 atom stereocenters. The number of carboxylic acids is 2. The van der Waals surface area contributed by atoms with Crippen LogP contribution in [0.15, 0.2) is 0 Å². The van der Waals surface area contributed by atoms with Crippen molar-refractivity contribution in [3.05, 3.63) is 0 Å². The molecule has 0 radical (unpaired) electrons. The van der Waals surface area contributed by atoms with Crippen molar-refractivity contribution in [1.29, 1.82) is 0 Å². The van der Waals surface area contributed by atoms with E-state index in [-0.39, 0.29) is 64.2 Å². The molecule has 0 saturated heterocycles. The fraction of sp³-hybridized carbons (Fsp3) is 0.750. The number of hydrogen-bond donors (Lipinski definition) is 2. The second-order valence-corrected chi connectivity index (χ2v) is 5.31. The summed E-state index contributed by atoms with van der Waals surface area (Å²) in [6, 6.07) is 0. The van der Waals surface area contributed by atoms with Gasteiger partial charge in [-0.05, 0) is 12.8 Å². The van der Waals surface area contributed by atoms with Crippen molar-refractivity contribution in [3.8, 4) is 0 Å². The van der Waals surface area contributed by atoms with E-state index in [1.54, 1.807) is 0 Å². The van der Waals surface area contributed by atoms with Crippen LogP contribution in [-0.4, -0.2) is 40.4 Å². The Kier molecular flexibility index (Phi) is 6.78. The molecule has 2 N–H and O–H groups in total.